The molecule has 17 heavy (non-hydrogen) atoms. The van der Waals surface area contributed by atoms with E-state index in [1.807, 2.05) is 0 Å². The van der Waals surface area contributed by atoms with Gasteiger partial charge in [-0.2, -0.15) is 0 Å². The van der Waals surface area contributed by atoms with E-state index in [2.05, 4.69) is 0 Å². The van der Waals surface area contributed by atoms with Crippen LogP contribution in [0.4, 0.5) is 0 Å². The highest BCUT2D eigenvalue weighted by Crippen LogP contribution is 2.23. The molecule has 0 aromatic heterocycles. The minimum absolute atomic E-state index is 0.535. The Morgan fingerprint density at radius 3 is 1.29 bits per heavy atom. The fraction of sp³-hybridized carbons (Fsp3) is 0.750. The predicted octanol–water partition coefficient (Wildman–Crippen LogP) is 1.91. The van der Waals surface area contributed by atoms with Gasteiger partial charge in [0, 0.05) is 17.8 Å². The largest absolute Gasteiger partial charge is 0.331 e. The first-order valence-corrected chi connectivity index (χ1v) is 5.45. The Bertz CT molecular complexity index is 307. The summed E-state index contributed by atoms with van der Waals surface area (Å²) in [7, 11) is 0. The molecule has 0 saturated heterocycles. The van der Waals surface area contributed by atoms with Crippen LogP contribution in [0.5, 0.6) is 0 Å². The molecule has 0 atom stereocenters. The van der Waals surface area contributed by atoms with E-state index in [1.165, 1.54) is 0 Å². The highest BCUT2D eigenvalue weighted by atomic mass is 16.7. The number of carbonyl (C=O) groups is 3. The first kappa shape index (κ1) is 15.6. The summed E-state index contributed by atoms with van der Waals surface area (Å²) in [6, 6.07) is 0. The first-order chi connectivity index (χ1) is 7.37. The SMILES string of the molecule is CC(=O)ON(C(=O)C(C)(C)C)C(=O)C(C)(C)C. The minimum Gasteiger partial charge on any atom is -0.331 e. The van der Waals surface area contributed by atoms with Crippen LogP contribution in [0.3, 0.4) is 0 Å². The van der Waals surface area contributed by atoms with Crippen molar-refractivity contribution < 1.29 is 19.2 Å². The smallest absolute Gasteiger partial charge is 0.330 e. The fourth-order valence-electron chi connectivity index (χ4n) is 0.913. The van der Waals surface area contributed by atoms with E-state index in [4.69, 9.17) is 4.84 Å². The molecule has 5 nitrogen and oxygen atoms in total. The average molecular weight is 243 g/mol. The first-order valence-electron chi connectivity index (χ1n) is 5.45. The summed E-state index contributed by atoms with van der Waals surface area (Å²) in [5.41, 5.74) is -1.59. The van der Waals surface area contributed by atoms with E-state index in [1.54, 1.807) is 41.5 Å². The van der Waals surface area contributed by atoms with Gasteiger partial charge >= 0.3 is 5.97 Å². The Labute approximate surface area is 102 Å². The Hall–Kier alpha value is -1.39. The van der Waals surface area contributed by atoms with Gasteiger partial charge in [-0.05, 0) is 0 Å². The van der Waals surface area contributed by atoms with Gasteiger partial charge in [-0.15, -0.1) is 5.06 Å². The lowest BCUT2D eigenvalue weighted by atomic mass is 9.92. The molecule has 0 radical (unpaired) electrons. The number of hydrogen-bond donors (Lipinski definition) is 0. The topological polar surface area (TPSA) is 63.7 Å². The number of rotatable bonds is 0. The molecular formula is C12H21NO4. The van der Waals surface area contributed by atoms with Crippen molar-refractivity contribution in [3.05, 3.63) is 0 Å². The number of nitrogens with zero attached hydrogens (tertiary/aromatic N) is 1. The van der Waals surface area contributed by atoms with Gasteiger partial charge in [0.1, 0.15) is 0 Å². The fourth-order valence-corrected chi connectivity index (χ4v) is 0.913. The maximum Gasteiger partial charge on any atom is 0.330 e. The Balaban J connectivity index is 5.23. The molecule has 0 heterocycles. The van der Waals surface area contributed by atoms with E-state index in [0.29, 0.717) is 5.06 Å². The molecule has 0 aromatic rings. The summed E-state index contributed by atoms with van der Waals surface area (Å²) in [4.78, 5) is 39.7. The second-order valence-corrected chi connectivity index (χ2v) is 5.99. The van der Waals surface area contributed by atoms with Crippen LogP contribution in [-0.2, 0) is 19.2 Å². The molecule has 0 aromatic carbocycles. The summed E-state index contributed by atoms with van der Waals surface area (Å²) in [5, 5.41) is 0.572. The molecule has 0 rings (SSSR count). The number of carbonyl (C=O) groups excluding carboxylic acids is 3. The third kappa shape index (κ3) is 4.54. The van der Waals surface area contributed by atoms with Crippen molar-refractivity contribution in [1.29, 1.82) is 0 Å². The van der Waals surface area contributed by atoms with Crippen molar-refractivity contribution in [1.82, 2.24) is 5.06 Å². The number of imide groups is 1. The monoisotopic (exact) mass is 243 g/mol. The van der Waals surface area contributed by atoms with Crippen molar-refractivity contribution in [2.45, 2.75) is 48.5 Å². The maximum absolute atomic E-state index is 12.0. The molecule has 0 bridgehead atoms. The van der Waals surface area contributed by atoms with Crippen LogP contribution < -0.4 is 0 Å². The number of hydrogen-bond acceptors (Lipinski definition) is 4. The molecule has 0 aliphatic rings. The van der Waals surface area contributed by atoms with Crippen LogP contribution in [0.25, 0.3) is 0 Å². The number of hydroxylamine groups is 2. The summed E-state index contributed by atoms with van der Waals surface area (Å²) in [6.45, 7) is 11.1. The molecule has 0 saturated carbocycles. The lowest BCUT2D eigenvalue weighted by Gasteiger charge is -2.30. The van der Waals surface area contributed by atoms with Gasteiger partial charge in [-0.25, -0.2) is 4.79 Å². The van der Waals surface area contributed by atoms with E-state index in [-0.39, 0.29) is 0 Å². The standard InChI is InChI=1S/C12H21NO4/c1-8(14)17-13(9(15)11(2,3)4)10(16)12(5,6)7/h1-7H3. The Morgan fingerprint density at radius 1 is 0.824 bits per heavy atom. The molecule has 0 unspecified atom stereocenters. The van der Waals surface area contributed by atoms with Gasteiger partial charge in [0.15, 0.2) is 0 Å². The molecule has 0 aliphatic carbocycles. The van der Waals surface area contributed by atoms with E-state index >= 15 is 0 Å². The Morgan fingerprint density at radius 2 is 1.12 bits per heavy atom. The van der Waals surface area contributed by atoms with Crippen molar-refractivity contribution in [3.8, 4) is 0 Å². The second-order valence-electron chi connectivity index (χ2n) is 5.99. The van der Waals surface area contributed by atoms with Gasteiger partial charge in [0.05, 0.1) is 0 Å². The molecule has 5 heteroatoms. The van der Waals surface area contributed by atoms with Gasteiger partial charge in [-0.3, -0.25) is 9.59 Å². The summed E-state index contributed by atoms with van der Waals surface area (Å²) in [5.74, 6) is -1.76. The van der Waals surface area contributed by atoms with Crippen LogP contribution in [0.2, 0.25) is 0 Å². The Kier molecular flexibility index (Phi) is 4.46. The molecule has 0 aliphatic heterocycles. The summed E-state index contributed by atoms with van der Waals surface area (Å²) < 4.78 is 0. The zero-order valence-electron chi connectivity index (χ0n) is 11.6. The predicted molar refractivity (Wildman–Crippen MR) is 62.5 cm³/mol. The third-order valence-corrected chi connectivity index (χ3v) is 1.87. The van der Waals surface area contributed by atoms with Crippen molar-refractivity contribution in [3.63, 3.8) is 0 Å². The molecule has 0 spiro atoms. The van der Waals surface area contributed by atoms with Crippen LogP contribution in [0, 0.1) is 10.8 Å². The van der Waals surface area contributed by atoms with Crippen molar-refractivity contribution in [2.24, 2.45) is 10.8 Å². The summed E-state index contributed by atoms with van der Waals surface area (Å²) >= 11 is 0. The van der Waals surface area contributed by atoms with Gasteiger partial charge < -0.3 is 4.84 Å². The van der Waals surface area contributed by atoms with E-state index < -0.39 is 28.6 Å². The van der Waals surface area contributed by atoms with Gasteiger partial charge in [0.25, 0.3) is 11.8 Å². The van der Waals surface area contributed by atoms with E-state index in [9.17, 15) is 14.4 Å². The quantitative estimate of drug-likeness (QED) is 0.610. The lowest BCUT2D eigenvalue weighted by molar-refractivity contribution is -0.209. The van der Waals surface area contributed by atoms with Crippen LogP contribution in [0.1, 0.15) is 48.5 Å². The lowest BCUT2D eigenvalue weighted by Crippen LogP contribution is -2.48. The molecule has 0 N–H and O–H groups in total. The second kappa shape index (κ2) is 4.85. The van der Waals surface area contributed by atoms with Crippen LogP contribution in [0.15, 0.2) is 0 Å². The zero-order chi connectivity index (χ0) is 14.0. The van der Waals surface area contributed by atoms with E-state index in [0.717, 1.165) is 6.92 Å². The van der Waals surface area contributed by atoms with Gasteiger partial charge in [-0.1, -0.05) is 41.5 Å². The minimum atomic E-state index is -0.795. The van der Waals surface area contributed by atoms with Crippen molar-refractivity contribution in [2.75, 3.05) is 0 Å². The average Bonchev–Trinajstić information content (AvgIpc) is 2.08. The maximum atomic E-state index is 12.0. The molecule has 98 valence electrons. The third-order valence-electron chi connectivity index (χ3n) is 1.87. The van der Waals surface area contributed by atoms with Crippen LogP contribution in [-0.4, -0.2) is 22.8 Å². The van der Waals surface area contributed by atoms with Crippen LogP contribution >= 0.6 is 0 Å². The van der Waals surface area contributed by atoms with Crippen molar-refractivity contribution >= 4 is 17.8 Å². The molecule has 2 amide bonds. The summed E-state index contributed by atoms with van der Waals surface area (Å²) in [6.07, 6.45) is 0. The highest BCUT2D eigenvalue weighted by Gasteiger charge is 2.39. The highest BCUT2D eigenvalue weighted by molar-refractivity contribution is 5.99. The number of amides is 2. The molecule has 0 fully saturated rings. The van der Waals surface area contributed by atoms with Gasteiger partial charge in [0.2, 0.25) is 0 Å². The molecular weight excluding hydrogens is 222 g/mol. The normalized spacial score (nSPS) is 11.9. The zero-order valence-corrected chi connectivity index (χ0v) is 11.6.